The zero-order valence-electron chi connectivity index (χ0n) is 15.3. The number of hydrogen-bond acceptors (Lipinski definition) is 5. The van der Waals surface area contributed by atoms with E-state index in [0.717, 1.165) is 13.0 Å². The zero-order chi connectivity index (χ0) is 19.7. The Balaban J connectivity index is 1.40. The number of ketones is 1. The van der Waals surface area contributed by atoms with Crippen molar-refractivity contribution < 1.29 is 18.0 Å². The topological polar surface area (TPSA) is 86.8 Å². The number of carbonyl (C=O) groups is 2. The molecule has 7 nitrogen and oxygen atoms in total. The second-order valence-corrected chi connectivity index (χ2v) is 8.91. The Labute approximate surface area is 164 Å². The van der Waals surface area contributed by atoms with Crippen LogP contribution in [0, 0.1) is 0 Å². The van der Waals surface area contributed by atoms with Gasteiger partial charge in [0.2, 0.25) is 10.0 Å². The molecule has 146 valence electrons. The van der Waals surface area contributed by atoms with Crippen LogP contribution in [0.15, 0.2) is 53.4 Å². The van der Waals surface area contributed by atoms with Gasteiger partial charge in [-0.25, -0.2) is 8.42 Å². The smallest absolute Gasteiger partial charge is 0.296 e. The predicted octanol–water partition coefficient (Wildman–Crippen LogP) is 1.37. The van der Waals surface area contributed by atoms with Gasteiger partial charge in [0, 0.05) is 32.7 Å². The summed E-state index contributed by atoms with van der Waals surface area (Å²) in [5.41, 5.74) is 1.75. The molecule has 0 aliphatic carbocycles. The number of carbonyl (C=O) groups excluding carboxylic acids is 2. The first-order valence-electron chi connectivity index (χ1n) is 9.21. The number of sulfonamides is 1. The van der Waals surface area contributed by atoms with Crippen molar-refractivity contribution in [2.75, 3.05) is 38.0 Å². The summed E-state index contributed by atoms with van der Waals surface area (Å²) < 4.78 is 27.4. The molecule has 2 aromatic carbocycles. The molecule has 0 aromatic heterocycles. The van der Waals surface area contributed by atoms with Crippen LogP contribution in [0.1, 0.15) is 15.9 Å². The highest BCUT2D eigenvalue weighted by Crippen LogP contribution is 2.27. The summed E-state index contributed by atoms with van der Waals surface area (Å²) in [7, 11) is -3.70. The van der Waals surface area contributed by atoms with Gasteiger partial charge >= 0.3 is 0 Å². The number of fused-ring (bicyclic) bond motifs is 1. The van der Waals surface area contributed by atoms with Gasteiger partial charge in [-0.2, -0.15) is 4.31 Å². The Morgan fingerprint density at radius 1 is 0.929 bits per heavy atom. The molecule has 8 heteroatoms. The third kappa shape index (κ3) is 3.58. The highest BCUT2D eigenvalue weighted by Gasteiger charge is 2.33. The monoisotopic (exact) mass is 399 g/mol. The van der Waals surface area contributed by atoms with Crippen molar-refractivity contribution >= 4 is 27.4 Å². The molecule has 0 radical (unpaired) electrons. The number of anilines is 1. The van der Waals surface area contributed by atoms with Crippen LogP contribution in [0.25, 0.3) is 0 Å². The Morgan fingerprint density at radius 3 is 2.36 bits per heavy atom. The van der Waals surface area contributed by atoms with Gasteiger partial charge in [0.15, 0.2) is 0 Å². The van der Waals surface area contributed by atoms with Crippen LogP contribution in [0.5, 0.6) is 0 Å². The maximum Gasteiger partial charge on any atom is 0.296 e. The second-order valence-electron chi connectivity index (χ2n) is 6.97. The maximum atomic E-state index is 13.0. The largest absolute Gasteiger partial charge is 0.318 e. The quantitative estimate of drug-likeness (QED) is 0.768. The second kappa shape index (κ2) is 7.46. The van der Waals surface area contributed by atoms with Gasteiger partial charge in [-0.05, 0) is 30.2 Å². The molecule has 28 heavy (non-hydrogen) atoms. The van der Waals surface area contributed by atoms with Crippen molar-refractivity contribution in [1.82, 2.24) is 9.21 Å². The lowest BCUT2D eigenvalue weighted by Gasteiger charge is -2.34. The third-order valence-electron chi connectivity index (χ3n) is 5.22. The van der Waals surface area contributed by atoms with Crippen LogP contribution in [0.4, 0.5) is 5.69 Å². The van der Waals surface area contributed by atoms with Gasteiger partial charge < -0.3 is 10.2 Å². The minimum absolute atomic E-state index is 0.0498. The standard InChI is InChI=1S/C20H21N3O4S/c24-19-17-14-16(6-7-18(17)21-20(19)25)28(26,27)23-12-10-22(11-13-23)9-8-15-4-2-1-3-5-15/h1-7,14H,8-13H2,(H,21,24,25). The molecule has 0 spiro atoms. The van der Waals surface area contributed by atoms with Gasteiger partial charge in [0.1, 0.15) is 0 Å². The van der Waals surface area contributed by atoms with E-state index in [9.17, 15) is 18.0 Å². The Bertz CT molecular complexity index is 1010. The third-order valence-corrected chi connectivity index (χ3v) is 7.11. The number of amides is 1. The molecule has 1 saturated heterocycles. The van der Waals surface area contributed by atoms with E-state index in [2.05, 4.69) is 22.3 Å². The zero-order valence-corrected chi connectivity index (χ0v) is 16.1. The number of benzene rings is 2. The summed E-state index contributed by atoms with van der Waals surface area (Å²) in [4.78, 5) is 25.6. The number of nitrogens with one attached hydrogen (secondary N) is 1. The maximum absolute atomic E-state index is 13.0. The molecule has 2 aliphatic heterocycles. The van der Waals surface area contributed by atoms with Crippen molar-refractivity contribution in [3.05, 3.63) is 59.7 Å². The van der Waals surface area contributed by atoms with Crippen molar-refractivity contribution in [1.29, 1.82) is 0 Å². The first-order valence-corrected chi connectivity index (χ1v) is 10.7. The van der Waals surface area contributed by atoms with Crippen molar-refractivity contribution in [2.24, 2.45) is 0 Å². The van der Waals surface area contributed by atoms with Gasteiger partial charge in [0.25, 0.3) is 11.7 Å². The molecular formula is C20H21N3O4S. The predicted molar refractivity (Wildman–Crippen MR) is 105 cm³/mol. The molecule has 2 aliphatic rings. The molecule has 0 unspecified atom stereocenters. The van der Waals surface area contributed by atoms with E-state index >= 15 is 0 Å². The van der Waals surface area contributed by atoms with E-state index in [1.54, 1.807) is 0 Å². The van der Waals surface area contributed by atoms with Gasteiger partial charge in [-0.1, -0.05) is 30.3 Å². The fraction of sp³-hybridized carbons (Fsp3) is 0.300. The lowest BCUT2D eigenvalue weighted by molar-refractivity contribution is -0.112. The van der Waals surface area contributed by atoms with Gasteiger partial charge in [-0.15, -0.1) is 0 Å². The summed E-state index contributed by atoms with van der Waals surface area (Å²) in [5.74, 6) is -1.42. The molecule has 4 rings (SSSR count). The number of rotatable bonds is 5. The first kappa shape index (κ1) is 18.8. The molecule has 2 heterocycles. The molecule has 1 N–H and O–H groups in total. The minimum Gasteiger partial charge on any atom is -0.318 e. The van der Waals surface area contributed by atoms with E-state index in [1.165, 1.54) is 28.1 Å². The summed E-state index contributed by atoms with van der Waals surface area (Å²) in [6, 6.07) is 14.4. The van der Waals surface area contributed by atoms with E-state index < -0.39 is 21.7 Å². The average Bonchev–Trinajstić information content (AvgIpc) is 3.01. The van der Waals surface area contributed by atoms with E-state index in [-0.39, 0.29) is 10.5 Å². The number of Topliss-reactive ketones (excluding diaryl/α,β-unsaturated/α-hetero) is 1. The molecule has 0 saturated carbocycles. The average molecular weight is 399 g/mol. The fourth-order valence-corrected chi connectivity index (χ4v) is 5.01. The highest BCUT2D eigenvalue weighted by molar-refractivity contribution is 7.89. The molecule has 0 atom stereocenters. The molecule has 0 bridgehead atoms. The Hall–Kier alpha value is -2.55. The SMILES string of the molecule is O=C1Nc2ccc(S(=O)(=O)N3CCN(CCc4ccccc4)CC3)cc2C1=O. The normalized spacial score (nSPS) is 18.1. The van der Waals surface area contributed by atoms with Crippen molar-refractivity contribution in [2.45, 2.75) is 11.3 Å². The van der Waals surface area contributed by atoms with Gasteiger partial charge in [0.05, 0.1) is 16.1 Å². The number of nitrogens with zero attached hydrogens (tertiary/aromatic N) is 2. The summed E-state index contributed by atoms with van der Waals surface area (Å²) in [5, 5.41) is 2.44. The number of piperazine rings is 1. The van der Waals surface area contributed by atoms with E-state index in [0.29, 0.717) is 31.9 Å². The summed E-state index contributed by atoms with van der Waals surface area (Å²) in [6.45, 7) is 3.02. The van der Waals surface area contributed by atoms with Gasteiger partial charge in [-0.3, -0.25) is 9.59 Å². The number of hydrogen-bond donors (Lipinski definition) is 1. The molecular weight excluding hydrogens is 378 g/mol. The lowest BCUT2D eigenvalue weighted by Crippen LogP contribution is -2.49. The lowest BCUT2D eigenvalue weighted by atomic mass is 10.1. The van der Waals surface area contributed by atoms with Crippen LogP contribution < -0.4 is 5.32 Å². The minimum atomic E-state index is -3.70. The first-order chi connectivity index (χ1) is 13.4. The van der Waals surface area contributed by atoms with Crippen molar-refractivity contribution in [3.8, 4) is 0 Å². The summed E-state index contributed by atoms with van der Waals surface area (Å²) in [6.07, 6.45) is 0.932. The Morgan fingerprint density at radius 2 is 1.64 bits per heavy atom. The van der Waals surface area contributed by atoms with Crippen LogP contribution in [-0.2, 0) is 21.2 Å². The van der Waals surface area contributed by atoms with Crippen LogP contribution in [0.3, 0.4) is 0 Å². The summed E-state index contributed by atoms with van der Waals surface area (Å²) >= 11 is 0. The van der Waals surface area contributed by atoms with E-state index in [4.69, 9.17) is 0 Å². The van der Waals surface area contributed by atoms with Crippen LogP contribution in [-0.4, -0.2) is 62.0 Å². The fourth-order valence-electron chi connectivity index (χ4n) is 3.56. The van der Waals surface area contributed by atoms with Crippen LogP contribution >= 0.6 is 0 Å². The Kier molecular flexibility index (Phi) is 5.01. The van der Waals surface area contributed by atoms with Crippen molar-refractivity contribution in [3.63, 3.8) is 0 Å². The molecule has 1 fully saturated rings. The molecule has 2 aromatic rings. The van der Waals surface area contributed by atoms with Crippen LogP contribution in [0.2, 0.25) is 0 Å². The molecule has 1 amide bonds. The highest BCUT2D eigenvalue weighted by atomic mass is 32.2. The van der Waals surface area contributed by atoms with E-state index in [1.807, 2.05) is 18.2 Å².